The van der Waals surface area contributed by atoms with Gasteiger partial charge in [-0.3, -0.25) is 4.79 Å². The van der Waals surface area contributed by atoms with Crippen LogP contribution in [0.1, 0.15) is 5.56 Å². The highest BCUT2D eigenvalue weighted by Gasteiger charge is 2.11. The third kappa shape index (κ3) is 4.84. The SMILES string of the molecule is COc1ccc(Oc2cc(CNc3cnn(-c4ccccc4)c(=O)c3Cl)ccn2)cc1. The molecule has 156 valence electrons. The molecule has 0 unspecified atom stereocenters. The van der Waals surface area contributed by atoms with Crippen LogP contribution in [0.4, 0.5) is 5.69 Å². The van der Waals surface area contributed by atoms with Gasteiger partial charge in [0.25, 0.3) is 5.56 Å². The summed E-state index contributed by atoms with van der Waals surface area (Å²) >= 11 is 6.29. The monoisotopic (exact) mass is 434 g/mol. The molecule has 2 heterocycles. The van der Waals surface area contributed by atoms with Gasteiger partial charge in [-0.15, -0.1) is 0 Å². The molecule has 0 aliphatic carbocycles. The van der Waals surface area contributed by atoms with Crippen LogP contribution in [0.5, 0.6) is 17.4 Å². The molecular weight excluding hydrogens is 416 g/mol. The molecule has 2 aromatic heterocycles. The van der Waals surface area contributed by atoms with E-state index in [1.807, 2.05) is 42.5 Å². The van der Waals surface area contributed by atoms with Crippen LogP contribution in [-0.4, -0.2) is 21.9 Å². The van der Waals surface area contributed by atoms with Gasteiger partial charge >= 0.3 is 0 Å². The second-order valence-electron chi connectivity index (χ2n) is 6.56. The van der Waals surface area contributed by atoms with Crippen LogP contribution >= 0.6 is 11.6 Å². The molecule has 8 heteroatoms. The number of rotatable bonds is 7. The molecule has 4 aromatic rings. The van der Waals surface area contributed by atoms with Crippen LogP contribution in [-0.2, 0) is 6.54 Å². The molecule has 0 saturated carbocycles. The Morgan fingerprint density at radius 1 is 1.03 bits per heavy atom. The number of hydrogen-bond donors (Lipinski definition) is 1. The summed E-state index contributed by atoms with van der Waals surface area (Å²) in [5.41, 5.74) is 1.61. The molecule has 0 aliphatic rings. The lowest BCUT2D eigenvalue weighted by Gasteiger charge is -2.11. The first-order chi connectivity index (χ1) is 15.1. The van der Waals surface area contributed by atoms with Gasteiger partial charge < -0.3 is 14.8 Å². The molecule has 31 heavy (non-hydrogen) atoms. The quantitative estimate of drug-likeness (QED) is 0.454. The van der Waals surface area contributed by atoms with E-state index in [0.717, 1.165) is 11.3 Å². The summed E-state index contributed by atoms with van der Waals surface area (Å²) in [6, 6.07) is 20.0. The topological polar surface area (TPSA) is 78.3 Å². The Bertz CT molecular complexity index is 1230. The molecular formula is C23H19ClN4O3. The van der Waals surface area contributed by atoms with Gasteiger partial charge in [-0.05, 0) is 48.0 Å². The lowest BCUT2D eigenvalue weighted by Crippen LogP contribution is -2.22. The number of methoxy groups -OCH3 is 1. The second kappa shape index (κ2) is 9.32. The first-order valence-electron chi connectivity index (χ1n) is 9.48. The highest BCUT2D eigenvalue weighted by Crippen LogP contribution is 2.23. The maximum absolute atomic E-state index is 12.6. The molecule has 0 radical (unpaired) electrons. The number of hydrogen-bond acceptors (Lipinski definition) is 6. The minimum absolute atomic E-state index is 0.0719. The zero-order valence-electron chi connectivity index (χ0n) is 16.7. The van der Waals surface area contributed by atoms with Crippen molar-refractivity contribution in [3.8, 4) is 23.1 Å². The van der Waals surface area contributed by atoms with Crippen molar-refractivity contribution < 1.29 is 9.47 Å². The van der Waals surface area contributed by atoms with E-state index in [4.69, 9.17) is 21.1 Å². The predicted octanol–water partition coefficient (Wildman–Crippen LogP) is 4.69. The van der Waals surface area contributed by atoms with Crippen LogP contribution in [0.3, 0.4) is 0 Å². The van der Waals surface area contributed by atoms with E-state index in [0.29, 0.717) is 29.5 Å². The summed E-state index contributed by atoms with van der Waals surface area (Å²) in [5.74, 6) is 1.85. The third-order valence-corrected chi connectivity index (χ3v) is 4.85. The van der Waals surface area contributed by atoms with Crippen molar-refractivity contribution >= 4 is 17.3 Å². The minimum Gasteiger partial charge on any atom is -0.497 e. The fourth-order valence-corrected chi connectivity index (χ4v) is 3.08. The molecule has 7 nitrogen and oxygen atoms in total. The van der Waals surface area contributed by atoms with Gasteiger partial charge in [0.05, 0.1) is 24.7 Å². The Morgan fingerprint density at radius 3 is 2.52 bits per heavy atom. The van der Waals surface area contributed by atoms with E-state index in [1.54, 1.807) is 37.6 Å². The van der Waals surface area contributed by atoms with E-state index in [9.17, 15) is 4.79 Å². The number of ether oxygens (including phenoxy) is 2. The minimum atomic E-state index is -0.392. The van der Waals surface area contributed by atoms with Crippen LogP contribution in [0.15, 0.2) is 83.9 Å². The summed E-state index contributed by atoms with van der Waals surface area (Å²) in [6.45, 7) is 0.414. The molecule has 4 rings (SSSR count). The number of anilines is 1. The van der Waals surface area contributed by atoms with E-state index < -0.39 is 5.56 Å². The standard InChI is InChI=1S/C23H19ClN4O3/c1-30-18-7-9-19(10-8-18)31-21-13-16(11-12-25-21)14-26-20-15-27-28(23(29)22(20)24)17-5-3-2-4-6-17/h2-13,15,26H,14H2,1H3. The van der Waals surface area contributed by atoms with Crippen molar-refractivity contribution in [2.24, 2.45) is 0 Å². The highest BCUT2D eigenvalue weighted by molar-refractivity contribution is 6.32. The largest absolute Gasteiger partial charge is 0.497 e. The summed E-state index contributed by atoms with van der Waals surface area (Å²) in [5, 5.41) is 7.44. The average molecular weight is 435 g/mol. The molecule has 0 amide bonds. The molecule has 0 spiro atoms. The number of para-hydroxylation sites is 1. The summed E-state index contributed by atoms with van der Waals surface area (Å²) < 4.78 is 12.2. The van der Waals surface area contributed by atoms with Gasteiger partial charge in [-0.1, -0.05) is 29.8 Å². The highest BCUT2D eigenvalue weighted by atomic mass is 35.5. The molecule has 0 atom stereocenters. The van der Waals surface area contributed by atoms with E-state index in [2.05, 4.69) is 15.4 Å². The van der Waals surface area contributed by atoms with Crippen molar-refractivity contribution in [3.63, 3.8) is 0 Å². The van der Waals surface area contributed by atoms with Gasteiger partial charge in [0.15, 0.2) is 0 Å². The number of nitrogens with one attached hydrogen (secondary N) is 1. The number of benzene rings is 2. The van der Waals surface area contributed by atoms with Crippen molar-refractivity contribution in [2.75, 3.05) is 12.4 Å². The number of pyridine rings is 1. The Morgan fingerprint density at radius 2 is 1.77 bits per heavy atom. The predicted molar refractivity (Wildman–Crippen MR) is 119 cm³/mol. The summed E-state index contributed by atoms with van der Waals surface area (Å²) in [6.07, 6.45) is 3.19. The van der Waals surface area contributed by atoms with E-state index in [1.165, 1.54) is 10.9 Å². The number of halogens is 1. The fraction of sp³-hybridized carbons (Fsp3) is 0.0870. The molecule has 0 bridgehead atoms. The average Bonchev–Trinajstić information content (AvgIpc) is 2.81. The Hall–Kier alpha value is -3.84. The molecule has 0 saturated heterocycles. The van der Waals surface area contributed by atoms with Crippen LogP contribution < -0.4 is 20.3 Å². The lowest BCUT2D eigenvalue weighted by molar-refractivity contribution is 0.412. The van der Waals surface area contributed by atoms with Crippen molar-refractivity contribution in [1.29, 1.82) is 0 Å². The van der Waals surface area contributed by atoms with Gasteiger partial charge in [0.1, 0.15) is 16.5 Å². The first-order valence-corrected chi connectivity index (χ1v) is 9.86. The summed E-state index contributed by atoms with van der Waals surface area (Å²) in [7, 11) is 1.61. The number of aromatic nitrogens is 3. The van der Waals surface area contributed by atoms with Gasteiger partial charge in [0.2, 0.25) is 5.88 Å². The Balaban J connectivity index is 1.46. The first kappa shape index (κ1) is 20.4. The smallest absolute Gasteiger partial charge is 0.292 e. The third-order valence-electron chi connectivity index (χ3n) is 4.48. The zero-order valence-corrected chi connectivity index (χ0v) is 17.4. The molecule has 1 N–H and O–H groups in total. The number of nitrogens with zero attached hydrogens (tertiary/aromatic N) is 3. The summed E-state index contributed by atoms with van der Waals surface area (Å²) in [4.78, 5) is 16.8. The normalized spacial score (nSPS) is 10.5. The van der Waals surface area contributed by atoms with E-state index in [-0.39, 0.29) is 5.02 Å². The van der Waals surface area contributed by atoms with Gasteiger partial charge in [0, 0.05) is 18.8 Å². The fourth-order valence-electron chi connectivity index (χ4n) is 2.89. The Kier molecular flexibility index (Phi) is 6.14. The van der Waals surface area contributed by atoms with Gasteiger partial charge in [-0.2, -0.15) is 9.78 Å². The van der Waals surface area contributed by atoms with Gasteiger partial charge in [-0.25, -0.2) is 4.98 Å². The van der Waals surface area contributed by atoms with Crippen molar-refractivity contribution in [1.82, 2.24) is 14.8 Å². The Labute approximate surface area is 183 Å². The van der Waals surface area contributed by atoms with Crippen LogP contribution in [0, 0.1) is 0 Å². The molecule has 0 aliphatic heterocycles. The van der Waals surface area contributed by atoms with Crippen molar-refractivity contribution in [2.45, 2.75) is 6.54 Å². The molecule has 2 aromatic carbocycles. The second-order valence-corrected chi connectivity index (χ2v) is 6.94. The van der Waals surface area contributed by atoms with E-state index >= 15 is 0 Å². The molecule has 0 fully saturated rings. The zero-order chi connectivity index (χ0) is 21.6. The maximum atomic E-state index is 12.6. The maximum Gasteiger partial charge on any atom is 0.292 e. The lowest BCUT2D eigenvalue weighted by atomic mass is 10.2. The van der Waals surface area contributed by atoms with Crippen molar-refractivity contribution in [3.05, 3.63) is 100 Å². The van der Waals surface area contributed by atoms with Crippen LogP contribution in [0.25, 0.3) is 5.69 Å². The van der Waals surface area contributed by atoms with Crippen LogP contribution in [0.2, 0.25) is 5.02 Å².